The zero-order valence-corrected chi connectivity index (χ0v) is 9.77. The third-order valence-corrected chi connectivity index (χ3v) is 2.04. The van der Waals surface area contributed by atoms with Gasteiger partial charge in [-0.2, -0.15) is 0 Å². The molecule has 0 amide bonds. The van der Waals surface area contributed by atoms with Crippen molar-refractivity contribution in [1.29, 1.82) is 0 Å². The highest BCUT2D eigenvalue weighted by molar-refractivity contribution is 5.65. The Morgan fingerprint density at radius 3 is 2.71 bits per heavy atom. The maximum absolute atomic E-state index is 13.2. The van der Waals surface area contributed by atoms with Gasteiger partial charge in [-0.15, -0.1) is 0 Å². The SMILES string of the molecule is CC(=O)OCCC(C)(O)Oc1ccccc1F. The average Bonchev–Trinajstić information content (AvgIpc) is 2.20. The van der Waals surface area contributed by atoms with Crippen molar-refractivity contribution in [2.45, 2.75) is 26.1 Å². The van der Waals surface area contributed by atoms with E-state index in [0.29, 0.717) is 0 Å². The van der Waals surface area contributed by atoms with Gasteiger partial charge in [0.15, 0.2) is 11.6 Å². The minimum atomic E-state index is -1.59. The molecule has 0 spiro atoms. The Balaban J connectivity index is 2.54. The van der Waals surface area contributed by atoms with Crippen LogP contribution in [0.1, 0.15) is 20.3 Å². The third kappa shape index (κ3) is 4.82. The van der Waals surface area contributed by atoms with Gasteiger partial charge in [0.05, 0.1) is 6.61 Å². The van der Waals surface area contributed by atoms with Crippen molar-refractivity contribution in [3.05, 3.63) is 30.1 Å². The molecule has 0 heterocycles. The number of rotatable bonds is 5. The van der Waals surface area contributed by atoms with Crippen LogP contribution in [0.3, 0.4) is 0 Å². The first-order valence-electron chi connectivity index (χ1n) is 5.20. The molecule has 0 saturated carbocycles. The van der Waals surface area contributed by atoms with E-state index in [1.165, 1.54) is 32.0 Å². The largest absolute Gasteiger partial charge is 0.466 e. The normalized spacial score (nSPS) is 13.9. The highest BCUT2D eigenvalue weighted by Gasteiger charge is 2.24. The number of carbonyl (C=O) groups is 1. The van der Waals surface area contributed by atoms with Crippen molar-refractivity contribution in [3.63, 3.8) is 0 Å². The molecule has 94 valence electrons. The molecule has 1 unspecified atom stereocenters. The predicted octanol–water partition coefficient (Wildman–Crippen LogP) is 1.87. The van der Waals surface area contributed by atoms with E-state index in [1.807, 2.05) is 0 Å². The quantitative estimate of drug-likeness (QED) is 0.632. The van der Waals surface area contributed by atoms with Gasteiger partial charge in [-0.1, -0.05) is 12.1 Å². The Labute approximate surface area is 99.0 Å². The van der Waals surface area contributed by atoms with Gasteiger partial charge < -0.3 is 14.6 Å². The molecule has 0 aliphatic heterocycles. The molecule has 1 N–H and O–H groups in total. The number of para-hydroxylation sites is 1. The number of ether oxygens (including phenoxy) is 2. The molecule has 0 saturated heterocycles. The van der Waals surface area contributed by atoms with Crippen LogP contribution >= 0.6 is 0 Å². The Morgan fingerprint density at radius 2 is 2.12 bits per heavy atom. The van der Waals surface area contributed by atoms with Gasteiger partial charge >= 0.3 is 5.97 Å². The first-order valence-corrected chi connectivity index (χ1v) is 5.20. The molecule has 4 nitrogen and oxygen atoms in total. The van der Waals surface area contributed by atoms with Crippen molar-refractivity contribution in [2.75, 3.05) is 6.61 Å². The maximum Gasteiger partial charge on any atom is 0.302 e. The Morgan fingerprint density at radius 1 is 1.47 bits per heavy atom. The van der Waals surface area contributed by atoms with Crippen LogP contribution < -0.4 is 4.74 Å². The fourth-order valence-corrected chi connectivity index (χ4v) is 1.20. The van der Waals surface area contributed by atoms with Crippen molar-refractivity contribution >= 4 is 5.97 Å². The van der Waals surface area contributed by atoms with Crippen molar-refractivity contribution in [1.82, 2.24) is 0 Å². The second-order valence-corrected chi connectivity index (χ2v) is 3.80. The molecule has 1 rings (SSSR count). The summed E-state index contributed by atoms with van der Waals surface area (Å²) in [5.74, 6) is -2.62. The van der Waals surface area contributed by atoms with Crippen LogP contribution in [0.5, 0.6) is 5.75 Å². The molecule has 0 aliphatic carbocycles. The average molecular weight is 242 g/mol. The summed E-state index contributed by atoms with van der Waals surface area (Å²) < 4.78 is 23.0. The van der Waals surface area contributed by atoms with Crippen LogP contribution in [0, 0.1) is 5.82 Å². The van der Waals surface area contributed by atoms with Crippen LogP contribution in [-0.2, 0) is 9.53 Å². The molecule has 0 fully saturated rings. The molecule has 0 aromatic heterocycles. The molecule has 5 heteroatoms. The number of carbonyl (C=O) groups excluding carboxylic acids is 1. The van der Waals surface area contributed by atoms with E-state index >= 15 is 0 Å². The van der Waals surface area contributed by atoms with Crippen LogP contribution in [0.2, 0.25) is 0 Å². The highest BCUT2D eigenvalue weighted by Crippen LogP contribution is 2.22. The van der Waals surface area contributed by atoms with E-state index in [-0.39, 0.29) is 18.8 Å². The molecule has 0 aliphatic rings. The van der Waals surface area contributed by atoms with Crippen LogP contribution in [0.25, 0.3) is 0 Å². The van der Waals surface area contributed by atoms with E-state index in [4.69, 9.17) is 4.74 Å². The zero-order valence-electron chi connectivity index (χ0n) is 9.77. The summed E-state index contributed by atoms with van der Waals surface area (Å²) in [6.45, 7) is 2.66. The molecular weight excluding hydrogens is 227 g/mol. The number of halogens is 1. The van der Waals surface area contributed by atoms with E-state index in [2.05, 4.69) is 4.74 Å². The van der Waals surface area contributed by atoms with Gasteiger partial charge in [0.25, 0.3) is 0 Å². The van der Waals surface area contributed by atoms with Gasteiger partial charge in [0.1, 0.15) is 0 Å². The minimum absolute atomic E-state index is 0.0107. The summed E-state index contributed by atoms with van der Waals surface area (Å²) in [5.41, 5.74) is 0. The molecule has 0 bridgehead atoms. The number of aliphatic hydroxyl groups is 1. The van der Waals surface area contributed by atoms with Crippen LogP contribution in [0.15, 0.2) is 24.3 Å². The van der Waals surface area contributed by atoms with Gasteiger partial charge in [-0.05, 0) is 12.1 Å². The number of hydrogen-bond acceptors (Lipinski definition) is 4. The predicted molar refractivity (Wildman–Crippen MR) is 58.9 cm³/mol. The number of hydrogen-bond donors (Lipinski definition) is 1. The van der Waals surface area contributed by atoms with E-state index in [0.717, 1.165) is 0 Å². The van der Waals surface area contributed by atoms with Crippen LogP contribution in [0.4, 0.5) is 4.39 Å². The number of benzene rings is 1. The molecular formula is C12H15FO4. The van der Waals surface area contributed by atoms with E-state index < -0.39 is 17.6 Å². The molecule has 17 heavy (non-hydrogen) atoms. The Hall–Kier alpha value is -1.62. The maximum atomic E-state index is 13.2. The lowest BCUT2D eigenvalue weighted by Crippen LogP contribution is -2.33. The minimum Gasteiger partial charge on any atom is -0.466 e. The van der Waals surface area contributed by atoms with Gasteiger partial charge in [-0.25, -0.2) is 4.39 Å². The lowest BCUT2D eigenvalue weighted by Gasteiger charge is -2.24. The summed E-state index contributed by atoms with van der Waals surface area (Å²) in [7, 11) is 0. The lowest BCUT2D eigenvalue weighted by molar-refractivity contribution is -0.153. The fraction of sp³-hybridized carbons (Fsp3) is 0.417. The standard InChI is InChI=1S/C12H15FO4/c1-9(14)16-8-7-12(2,15)17-11-6-4-3-5-10(11)13/h3-6,15H,7-8H2,1-2H3. The smallest absolute Gasteiger partial charge is 0.302 e. The Kier molecular flexibility index (Phi) is 4.45. The van der Waals surface area contributed by atoms with Gasteiger partial charge in [0, 0.05) is 20.3 Å². The van der Waals surface area contributed by atoms with Crippen molar-refractivity contribution < 1.29 is 23.8 Å². The third-order valence-electron chi connectivity index (χ3n) is 2.04. The molecule has 0 radical (unpaired) electrons. The summed E-state index contributed by atoms with van der Waals surface area (Å²) in [6, 6.07) is 5.77. The molecule has 1 aromatic carbocycles. The fourth-order valence-electron chi connectivity index (χ4n) is 1.20. The lowest BCUT2D eigenvalue weighted by atomic mass is 10.2. The first-order chi connectivity index (χ1) is 7.91. The summed E-state index contributed by atoms with van der Waals surface area (Å²) in [5, 5.41) is 9.83. The topological polar surface area (TPSA) is 55.8 Å². The first kappa shape index (κ1) is 13.4. The summed E-state index contributed by atoms with van der Waals surface area (Å²) in [6.07, 6.45) is 0.0565. The second-order valence-electron chi connectivity index (χ2n) is 3.80. The monoisotopic (exact) mass is 242 g/mol. The van der Waals surface area contributed by atoms with Gasteiger partial charge in [0.2, 0.25) is 5.79 Å². The molecule has 1 aromatic rings. The summed E-state index contributed by atoms with van der Waals surface area (Å²) in [4.78, 5) is 10.5. The zero-order chi connectivity index (χ0) is 12.9. The molecule has 1 atom stereocenters. The number of esters is 1. The van der Waals surface area contributed by atoms with E-state index in [9.17, 15) is 14.3 Å². The van der Waals surface area contributed by atoms with Crippen molar-refractivity contribution in [3.8, 4) is 5.75 Å². The highest BCUT2D eigenvalue weighted by atomic mass is 19.1. The van der Waals surface area contributed by atoms with Gasteiger partial charge in [-0.3, -0.25) is 4.79 Å². The van der Waals surface area contributed by atoms with Crippen LogP contribution in [-0.4, -0.2) is 23.5 Å². The van der Waals surface area contributed by atoms with E-state index in [1.54, 1.807) is 6.07 Å². The second kappa shape index (κ2) is 5.63. The van der Waals surface area contributed by atoms with Crippen molar-refractivity contribution in [2.24, 2.45) is 0 Å². The summed E-state index contributed by atoms with van der Waals surface area (Å²) >= 11 is 0. The Bertz CT molecular complexity index is 390.